The average molecular weight is 221 g/mol. The molecule has 0 atom stereocenters. The topological polar surface area (TPSA) is 83.5 Å². The number of rotatable bonds is 3. The molecule has 1 aliphatic rings. The standard InChI is InChI=1S/C8H15NO4S/c1-14(12,13)9-7-4-2-6(3-5-7)8(10)11/h6-7,9H,2-5H2,1H3,(H,10,11)/t6-,7-. The average Bonchev–Trinajstić information content (AvgIpc) is 2.02. The quantitative estimate of drug-likeness (QED) is 0.712. The summed E-state index contributed by atoms with van der Waals surface area (Å²) in [6.45, 7) is 0. The maximum Gasteiger partial charge on any atom is 0.306 e. The number of carboxylic acids is 1. The summed E-state index contributed by atoms with van der Waals surface area (Å²) >= 11 is 0. The molecule has 1 rings (SSSR count). The Hall–Kier alpha value is -0.620. The van der Waals surface area contributed by atoms with Crippen LogP contribution in [0.2, 0.25) is 0 Å². The highest BCUT2D eigenvalue weighted by molar-refractivity contribution is 7.88. The van der Waals surface area contributed by atoms with Crippen molar-refractivity contribution in [3.63, 3.8) is 0 Å². The fourth-order valence-corrected chi connectivity index (χ4v) is 2.60. The van der Waals surface area contributed by atoms with Crippen LogP contribution < -0.4 is 4.72 Å². The molecule has 2 N–H and O–H groups in total. The number of hydrogen-bond donors (Lipinski definition) is 2. The minimum Gasteiger partial charge on any atom is -0.481 e. The number of hydrogen-bond acceptors (Lipinski definition) is 3. The van der Waals surface area contributed by atoms with Gasteiger partial charge in [0.15, 0.2) is 0 Å². The van der Waals surface area contributed by atoms with Gasteiger partial charge in [-0.25, -0.2) is 13.1 Å². The summed E-state index contributed by atoms with van der Waals surface area (Å²) in [6.07, 6.45) is 3.47. The molecule has 0 aromatic rings. The maximum atomic E-state index is 10.9. The molecular formula is C8H15NO4S. The summed E-state index contributed by atoms with van der Waals surface area (Å²) in [6, 6.07) is -0.0828. The first-order valence-electron chi connectivity index (χ1n) is 4.58. The van der Waals surface area contributed by atoms with E-state index in [0.717, 1.165) is 6.26 Å². The van der Waals surface area contributed by atoms with E-state index in [1.807, 2.05) is 0 Å². The Morgan fingerprint density at radius 1 is 1.29 bits per heavy atom. The molecule has 1 aliphatic carbocycles. The van der Waals surface area contributed by atoms with Crippen molar-refractivity contribution in [3.8, 4) is 0 Å². The van der Waals surface area contributed by atoms with Crippen molar-refractivity contribution in [3.05, 3.63) is 0 Å². The van der Waals surface area contributed by atoms with Crippen LogP contribution >= 0.6 is 0 Å². The van der Waals surface area contributed by atoms with Crippen LogP contribution in [0.15, 0.2) is 0 Å². The van der Waals surface area contributed by atoms with Gasteiger partial charge in [-0.1, -0.05) is 0 Å². The highest BCUT2D eigenvalue weighted by Crippen LogP contribution is 2.24. The molecule has 0 aliphatic heterocycles. The minimum absolute atomic E-state index is 0.0828. The van der Waals surface area contributed by atoms with Crippen LogP contribution in [-0.2, 0) is 14.8 Å². The van der Waals surface area contributed by atoms with Crippen molar-refractivity contribution >= 4 is 16.0 Å². The van der Waals surface area contributed by atoms with Crippen molar-refractivity contribution in [1.29, 1.82) is 0 Å². The lowest BCUT2D eigenvalue weighted by molar-refractivity contribution is -0.142. The molecule has 82 valence electrons. The van der Waals surface area contributed by atoms with Crippen molar-refractivity contribution in [1.82, 2.24) is 4.72 Å². The van der Waals surface area contributed by atoms with E-state index in [1.165, 1.54) is 0 Å². The van der Waals surface area contributed by atoms with Crippen LogP contribution in [0.3, 0.4) is 0 Å². The Morgan fingerprint density at radius 3 is 2.14 bits per heavy atom. The Balaban J connectivity index is 2.40. The molecule has 0 saturated heterocycles. The number of sulfonamides is 1. The van der Waals surface area contributed by atoms with E-state index in [4.69, 9.17) is 5.11 Å². The van der Waals surface area contributed by atoms with Gasteiger partial charge in [0.1, 0.15) is 0 Å². The molecular weight excluding hydrogens is 206 g/mol. The van der Waals surface area contributed by atoms with Gasteiger partial charge in [0.2, 0.25) is 10.0 Å². The number of nitrogens with one attached hydrogen (secondary N) is 1. The van der Waals surface area contributed by atoms with Gasteiger partial charge in [-0.15, -0.1) is 0 Å². The highest BCUT2D eigenvalue weighted by atomic mass is 32.2. The Morgan fingerprint density at radius 2 is 1.79 bits per heavy atom. The molecule has 5 nitrogen and oxygen atoms in total. The van der Waals surface area contributed by atoms with Crippen molar-refractivity contribution < 1.29 is 18.3 Å². The molecule has 0 aromatic heterocycles. The lowest BCUT2D eigenvalue weighted by atomic mass is 9.87. The first-order valence-corrected chi connectivity index (χ1v) is 6.48. The fraction of sp³-hybridized carbons (Fsp3) is 0.875. The van der Waals surface area contributed by atoms with Gasteiger partial charge in [-0.05, 0) is 25.7 Å². The van der Waals surface area contributed by atoms with Gasteiger partial charge < -0.3 is 5.11 Å². The van der Waals surface area contributed by atoms with Crippen molar-refractivity contribution in [2.45, 2.75) is 31.7 Å². The predicted octanol–water partition coefficient (Wildman–Crippen LogP) is 0.179. The Labute approximate surface area is 83.6 Å². The van der Waals surface area contributed by atoms with Crippen LogP contribution in [0.4, 0.5) is 0 Å². The molecule has 0 unspecified atom stereocenters. The molecule has 0 amide bonds. The van der Waals surface area contributed by atoms with Crippen LogP contribution in [0.5, 0.6) is 0 Å². The van der Waals surface area contributed by atoms with E-state index >= 15 is 0 Å². The van der Waals surface area contributed by atoms with Crippen LogP contribution in [0.25, 0.3) is 0 Å². The molecule has 1 fully saturated rings. The van der Waals surface area contributed by atoms with E-state index in [2.05, 4.69) is 4.72 Å². The third-order valence-corrected chi connectivity index (χ3v) is 3.22. The van der Waals surface area contributed by atoms with Gasteiger partial charge in [0.25, 0.3) is 0 Å². The smallest absolute Gasteiger partial charge is 0.306 e. The third kappa shape index (κ3) is 3.63. The fourth-order valence-electron chi connectivity index (χ4n) is 1.76. The highest BCUT2D eigenvalue weighted by Gasteiger charge is 2.26. The summed E-state index contributed by atoms with van der Waals surface area (Å²) < 4.78 is 24.3. The van der Waals surface area contributed by atoms with Crippen LogP contribution in [-0.4, -0.2) is 31.8 Å². The molecule has 1 saturated carbocycles. The number of aliphatic carboxylic acids is 1. The second kappa shape index (κ2) is 4.27. The van der Waals surface area contributed by atoms with E-state index < -0.39 is 16.0 Å². The first kappa shape index (κ1) is 11.5. The summed E-state index contributed by atoms with van der Waals surface area (Å²) in [4.78, 5) is 10.6. The minimum atomic E-state index is -3.16. The molecule has 6 heteroatoms. The van der Waals surface area contributed by atoms with E-state index in [0.29, 0.717) is 25.7 Å². The van der Waals surface area contributed by atoms with E-state index in [-0.39, 0.29) is 12.0 Å². The van der Waals surface area contributed by atoms with Gasteiger partial charge in [0, 0.05) is 6.04 Å². The lowest BCUT2D eigenvalue weighted by Crippen LogP contribution is -2.38. The molecule has 0 bridgehead atoms. The monoisotopic (exact) mass is 221 g/mol. The number of carboxylic acid groups (broad SMARTS) is 1. The molecule has 0 radical (unpaired) electrons. The largest absolute Gasteiger partial charge is 0.481 e. The van der Waals surface area contributed by atoms with Gasteiger partial charge in [-0.3, -0.25) is 4.79 Å². The maximum absolute atomic E-state index is 10.9. The normalized spacial score (nSPS) is 28.6. The summed E-state index contributed by atoms with van der Waals surface area (Å²) in [5, 5.41) is 8.72. The first-order chi connectivity index (χ1) is 6.38. The summed E-state index contributed by atoms with van der Waals surface area (Å²) in [7, 11) is -3.16. The summed E-state index contributed by atoms with van der Waals surface area (Å²) in [5.74, 6) is -1.07. The van der Waals surface area contributed by atoms with Gasteiger partial charge in [-0.2, -0.15) is 0 Å². The number of carbonyl (C=O) groups is 1. The Bertz CT molecular complexity index is 303. The third-order valence-electron chi connectivity index (χ3n) is 2.46. The zero-order valence-electron chi connectivity index (χ0n) is 8.06. The van der Waals surface area contributed by atoms with Gasteiger partial charge in [0.05, 0.1) is 12.2 Å². The zero-order valence-corrected chi connectivity index (χ0v) is 8.88. The van der Waals surface area contributed by atoms with Crippen LogP contribution in [0.1, 0.15) is 25.7 Å². The predicted molar refractivity (Wildman–Crippen MR) is 51.4 cm³/mol. The van der Waals surface area contributed by atoms with Crippen molar-refractivity contribution in [2.24, 2.45) is 5.92 Å². The van der Waals surface area contributed by atoms with Crippen molar-refractivity contribution in [2.75, 3.05) is 6.26 Å². The van der Waals surface area contributed by atoms with E-state index in [1.54, 1.807) is 0 Å². The lowest BCUT2D eigenvalue weighted by Gasteiger charge is -2.25. The molecule has 0 spiro atoms. The second-order valence-electron chi connectivity index (χ2n) is 3.78. The van der Waals surface area contributed by atoms with E-state index in [9.17, 15) is 13.2 Å². The zero-order chi connectivity index (χ0) is 10.8. The molecule has 0 heterocycles. The van der Waals surface area contributed by atoms with Gasteiger partial charge >= 0.3 is 5.97 Å². The second-order valence-corrected chi connectivity index (χ2v) is 5.56. The SMILES string of the molecule is CS(=O)(=O)N[C@H]1CC[C@H](C(=O)O)CC1. The summed E-state index contributed by atoms with van der Waals surface area (Å²) in [5.41, 5.74) is 0. The molecule has 0 aromatic carbocycles. The van der Waals surface area contributed by atoms with Crippen LogP contribution in [0, 0.1) is 5.92 Å². The molecule has 14 heavy (non-hydrogen) atoms. The Kier molecular flexibility index (Phi) is 3.49.